The lowest BCUT2D eigenvalue weighted by molar-refractivity contribution is 0.350. The van der Waals surface area contributed by atoms with Crippen molar-refractivity contribution >= 4 is 0 Å². The van der Waals surface area contributed by atoms with Crippen LogP contribution < -0.4 is 0 Å². The molecule has 0 unspecified atom stereocenters. The van der Waals surface area contributed by atoms with E-state index in [0.29, 0.717) is 0 Å². The molecule has 0 spiro atoms. The molecule has 2 heteroatoms. The predicted octanol–water partition coefficient (Wildman–Crippen LogP) is 3.39. The summed E-state index contributed by atoms with van der Waals surface area (Å²) in [6.45, 7) is 8.88. The van der Waals surface area contributed by atoms with E-state index in [-0.39, 0.29) is 0 Å². The minimum Gasteiger partial charge on any atom is -0.468 e. The predicted molar refractivity (Wildman–Crippen MR) is 58.8 cm³/mol. The summed E-state index contributed by atoms with van der Waals surface area (Å²) in [6, 6.07) is 3.87. The van der Waals surface area contributed by atoms with Gasteiger partial charge in [0.25, 0.3) is 0 Å². The Morgan fingerprint density at radius 3 is 2.00 bits per heavy atom. The lowest BCUT2D eigenvalue weighted by Crippen LogP contribution is -2.09. The molecule has 1 heterocycles. The quantitative estimate of drug-likeness (QED) is 0.702. The molecule has 1 rings (SSSR count). The molecule has 0 atom stereocenters. The first-order chi connectivity index (χ1) is 6.29. The number of furan rings is 1. The Bertz CT molecular complexity index is 157. The van der Waals surface area contributed by atoms with Crippen molar-refractivity contribution in [1.82, 2.24) is 4.90 Å². The average Bonchev–Trinajstić information content (AvgIpc) is 2.63. The Balaban J connectivity index is 0. The zero-order chi connectivity index (χ0) is 10.7. The van der Waals surface area contributed by atoms with Crippen LogP contribution in [0.15, 0.2) is 22.8 Å². The van der Waals surface area contributed by atoms with Gasteiger partial charge in [0.1, 0.15) is 5.76 Å². The van der Waals surface area contributed by atoms with Crippen molar-refractivity contribution in [3.63, 3.8) is 0 Å². The highest BCUT2D eigenvalue weighted by Crippen LogP contribution is 2.00. The normalized spacial score (nSPS) is 8.23. The van der Waals surface area contributed by atoms with E-state index in [2.05, 4.69) is 4.90 Å². The highest BCUT2D eigenvalue weighted by Gasteiger charge is 1.94. The fourth-order valence-corrected chi connectivity index (χ4v) is 0.714. The molecule has 0 bridgehead atoms. The topological polar surface area (TPSA) is 16.4 Å². The van der Waals surface area contributed by atoms with Crippen molar-refractivity contribution in [2.45, 2.75) is 34.2 Å². The Morgan fingerprint density at radius 2 is 1.69 bits per heavy atom. The highest BCUT2D eigenvalue weighted by atomic mass is 16.3. The van der Waals surface area contributed by atoms with Gasteiger partial charge in [0.15, 0.2) is 0 Å². The summed E-state index contributed by atoms with van der Waals surface area (Å²) in [4.78, 5) is 2.07. The monoisotopic (exact) mass is 185 g/mol. The molecule has 78 valence electrons. The average molecular weight is 185 g/mol. The standard InChI is InChI=1S/C7H11NO.2C2H6/c1-8(2)6-7-4-3-5-9-7;2*1-2/h3-5H,6H2,1-2H3;2*1-2H3. The van der Waals surface area contributed by atoms with Gasteiger partial charge in [0, 0.05) is 0 Å². The lowest BCUT2D eigenvalue weighted by atomic mass is 10.4. The third-order valence-electron chi connectivity index (χ3n) is 1.05. The van der Waals surface area contributed by atoms with E-state index >= 15 is 0 Å². The van der Waals surface area contributed by atoms with Gasteiger partial charge in [-0.3, -0.25) is 0 Å². The zero-order valence-electron chi connectivity index (χ0n) is 9.79. The molecule has 0 radical (unpaired) electrons. The summed E-state index contributed by atoms with van der Waals surface area (Å²) in [5.74, 6) is 1.01. The van der Waals surface area contributed by atoms with Gasteiger partial charge in [0.05, 0.1) is 12.8 Å². The van der Waals surface area contributed by atoms with Crippen LogP contribution >= 0.6 is 0 Å². The molecule has 0 amide bonds. The van der Waals surface area contributed by atoms with Crippen LogP contribution in [0.1, 0.15) is 33.5 Å². The summed E-state index contributed by atoms with van der Waals surface area (Å²) in [7, 11) is 4.03. The summed E-state index contributed by atoms with van der Waals surface area (Å²) < 4.78 is 5.10. The maximum absolute atomic E-state index is 5.10. The molecule has 0 aliphatic rings. The molecular formula is C11H23NO. The second-order valence-corrected chi connectivity index (χ2v) is 2.32. The summed E-state index contributed by atoms with van der Waals surface area (Å²) >= 11 is 0. The molecule has 1 aromatic rings. The highest BCUT2D eigenvalue weighted by molar-refractivity contribution is 4.97. The van der Waals surface area contributed by atoms with Gasteiger partial charge in [-0.1, -0.05) is 27.7 Å². The van der Waals surface area contributed by atoms with E-state index in [0.717, 1.165) is 12.3 Å². The Labute approximate surface area is 82.6 Å². The fourth-order valence-electron chi connectivity index (χ4n) is 0.714. The van der Waals surface area contributed by atoms with Gasteiger partial charge >= 0.3 is 0 Å². The van der Waals surface area contributed by atoms with Crippen LogP contribution in [0.25, 0.3) is 0 Å². The third kappa shape index (κ3) is 9.15. The molecule has 2 nitrogen and oxygen atoms in total. The Morgan fingerprint density at radius 1 is 1.15 bits per heavy atom. The smallest absolute Gasteiger partial charge is 0.117 e. The minimum absolute atomic E-state index is 0.882. The van der Waals surface area contributed by atoms with E-state index in [4.69, 9.17) is 4.42 Å². The van der Waals surface area contributed by atoms with Crippen molar-refractivity contribution in [3.05, 3.63) is 24.2 Å². The molecule has 1 aromatic heterocycles. The van der Waals surface area contributed by atoms with Crippen molar-refractivity contribution in [2.24, 2.45) is 0 Å². The van der Waals surface area contributed by atoms with E-state index in [1.807, 2.05) is 53.9 Å². The Kier molecular flexibility index (Phi) is 12.8. The summed E-state index contributed by atoms with van der Waals surface area (Å²) in [5.41, 5.74) is 0. The first-order valence-electron chi connectivity index (χ1n) is 4.96. The first-order valence-corrected chi connectivity index (χ1v) is 4.96. The SMILES string of the molecule is CC.CC.CN(C)Cc1ccco1. The van der Waals surface area contributed by atoms with E-state index < -0.39 is 0 Å². The maximum Gasteiger partial charge on any atom is 0.117 e. The molecule has 0 saturated heterocycles. The van der Waals surface area contributed by atoms with Crippen molar-refractivity contribution < 1.29 is 4.42 Å². The van der Waals surface area contributed by atoms with E-state index in [1.54, 1.807) is 6.26 Å². The first kappa shape index (κ1) is 14.7. The van der Waals surface area contributed by atoms with E-state index in [9.17, 15) is 0 Å². The summed E-state index contributed by atoms with van der Waals surface area (Å²) in [5, 5.41) is 0. The number of nitrogens with zero attached hydrogens (tertiary/aromatic N) is 1. The number of rotatable bonds is 2. The molecule has 0 N–H and O–H groups in total. The fraction of sp³-hybridized carbons (Fsp3) is 0.636. The van der Waals surface area contributed by atoms with Crippen molar-refractivity contribution in [2.75, 3.05) is 14.1 Å². The molecule has 13 heavy (non-hydrogen) atoms. The van der Waals surface area contributed by atoms with Crippen LogP contribution in [0.4, 0.5) is 0 Å². The number of hydrogen-bond acceptors (Lipinski definition) is 2. The largest absolute Gasteiger partial charge is 0.468 e. The number of hydrogen-bond donors (Lipinski definition) is 0. The van der Waals surface area contributed by atoms with Gasteiger partial charge in [-0.05, 0) is 26.2 Å². The molecule has 0 aliphatic carbocycles. The van der Waals surface area contributed by atoms with Crippen LogP contribution in [0, 0.1) is 0 Å². The van der Waals surface area contributed by atoms with Gasteiger partial charge in [-0.15, -0.1) is 0 Å². The summed E-state index contributed by atoms with van der Waals surface area (Å²) in [6.07, 6.45) is 1.69. The van der Waals surface area contributed by atoms with Gasteiger partial charge in [0.2, 0.25) is 0 Å². The van der Waals surface area contributed by atoms with Gasteiger partial charge in [-0.25, -0.2) is 0 Å². The second-order valence-electron chi connectivity index (χ2n) is 2.32. The molecule has 0 saturated carbocycles. The molecular weight excluding hydrogens is 162 g/mol. The molecule has 0 aliphatic heterocycles. The molecule has 0 fully saturated rings. The van der Waals surface area contributed by atoms with Gasteiger partial charge < -0.3 is 9.32 Å². The van der Waals surface area contributed by atoms with Crippen LogP contribution in [-0.2, 0) is 6.54 Å². The molecule has 0 aromatic carbocycles. The Hall–Kier alpha value is -0.760. The maximum atomic E-state index is 5.10. The second kappa shape index (κ2) is 11.2. The lowest BCUT2D eigenvalue weighted by Gasteiger charge is -2.04. The van der Waals surface area contributed by atoms with Crippen molar-refractivity contribution in [3.8, 4) is 0 Å². The zero-order valence-corrected chi connectivity index (χ0v) is 9.79. The minimum atomic E-state index is 0.882. The van der Waals surface area contributed by atoms with Crippen LogP contribution in [0.2, 0.25) is 0 Å². The third-order valence-corrected chi connectivity index (χ3v) is 1.05. The van der Waals surface area contributed by atoms with Crippen molar-refractivity contribution in [1.29, 1.82) is 0 Å². The van der Waals surface area contributed by atoms with Crippen LogP contribution in [0.5, 0.6) is 0 Å². The van der Waals surface area contributed by atoms with Crippen LogP contribution in [0.3, 0.4) is 0 Å². The van der Waals surface area contributed by atoms with Gasteiger partial charge in [-0.2, -0.15) is 0 Å². The van der Waals surface area contributed by atoms with E-state index in [1.165, 1.54) is 0 Å². The van der Waals surface area contributed by atoms with Crippen LogP contribution in [-0.4, -0.2) is 19.0 Å².